The molecule has 0 saturated carbocycles. The van der Waals surface area contributed by atoms with Crippen molar-refractivity contribution in [2.24, 2.45) is 0 Å². The van der Waals surface area contributed by atoms with Crippen molar-refractivity contribution in [3.05, 3.63) is 57.5 Å². The number of hydrogen-bond donors (Lipinski definition) is 3. The molecule has 0 bridgehead atoms. The van der Waals surface area contributed by atoms with Gasteiger partial charge >= 0.3 is 0 Å². The van der Waals surface area contributed by atoms with Gasteiger partial charge in [0.05, 0.1) is 17.0 Å². The van der Waals surface area contributed by atoms with Crippen LogP contribution in [0.25, 0.3) is 33.2 Å². The Morgan fingerprint density at radius 2 is 1.85 bits per heavy atom. The van der Waals surface area contributed by atoms with E-state index in [4.69, 9.17) is 21.1 Å². The van der Waals surface area contributed by atoms with E-state index >= 15 is 0 Å². The van der Waals surface area contributed by atoms with Gasteiger partial charge in [-0.05, 0) is 56.7 Å². The van der Waals surface area contributed by atoms with Crippen molar-refractivity contribution in [2.45, 2.75) is 33.0 Å². The van der Waals surface area contributed by atoms with Crippen LogP contribution in [0.1, 0.15) is 37.0 Å². The first kappa shape index (κ1) is 23.8. The van der Waals surface area contributed by atoms with E-state index in [0.717, 1.165) is 50.5 Å². The van der Waals surface area contributed by atoms with Crippen LogP contribution in [0.5, 0.6) is 0 Å². The fraction of sp³-hybridized carbons (Fsp3) is 0.320. The van der Waals surface area contributed by atoms with Gasteiger partial charge in [0.25, 0.3) is 5.91 Å². The first-order valence-electron chi connectivity index (χ1n) is 11.1. The molecule has 3 N–H and O–H groups in total. The average Bonchev–Trinajstić information content (AvgIpc) is 3.37. The monoisotopic (exact) mass is 531 g/mol. The lowest BCUT2D eigenvalue weighted by Crippen LogP contribution is -2.26. The Hall–Kier alpha value is -2.32. The highest BCUT2D eigenvalue weighted by Gasteiger charge is 2.21. The van der Waals surface area contributed by atoms with E-state index in [0.29, 0.717) is 30.3 Å². The van der Waals surface area contributed by atoms with E-state index in [1.54, 1.807) is 0 Å². The van der Waals surface area contributed by atoms with Crippen LogP contribution < -0.4 is 5.32 Å². The minimum atomic E-state index is -0.240. The van der Waals surface area contributed by atoms with E-state index in [1.807, 2.05) is 56.3 Å². The van der Waals surface area contributed by atoms with Crippen molar-refractivity contribution in [2.75, 3.05) is 19.8 Å². The Bertz CT molecular complexity index is 1260. The summed E-state index contributed by atoms with van der Waals surface area (Å²) < 4.78 is 12.1. The summed E-state index contributed by atoms with van der Waals surface area (Å²) >= 11 is 9.68. The van der Waals surface area contributed by atoms with Crippen LogP contribution >= 0.6 is 27.5 Å². The number of aromatic amines is 2. The molecule has 174 valence electrons. The summed E-state index contributed by atoms with van der Waals surface area (Å²) in [5, 5.41) is 5.59. The summed E-state index contributed by atoms with van der Waals surface area (Å²) in [5.74, 6) is -0.125. The number of amides is 1. The van der Waals surface area contributed by atoms with E-state index in [1.165, 1.54) is 0 Å². The lowest BCUT2D eigenvalue weighted by atomic mass is 10.1. The molecule has 0 saturated heterocycles. The Morgan fingerprint density at radius 1 is 1.06 bits per heavy atom. The summed E-state index contributed by atoms with van der Waals surface area (Å²) in [7, 11) is 0. The van der Waals surface area contributed by atoms with Crippen LogP contribution in [0.3, 0.4) is 0 Å². The maximum atomic E-state index is 13.3. The van der Waals surface area contributed by atoms with Crippen molar-refractivity contribution < 1.29 is 14.3 Å². The van der Waals surface area contributed by atoms with Crippen LogP contribution in [0.4, 0.5) is 0 Å². The van der Waals surface area contributed by atoms with Gasteiger partial charge < -0.3 is 24.8 Å². The van der Waals surface area contributed by atoms with Gasteiger partial charge in [-0.25, -0.2) is 0 Å². The number of aromatic nitrogens is 2. The maximum Gasteiger partial charge on any atom is 0.254 e. The molecular weight excluding hydrogens is 506 g/mol. The molecule has 2 heterocycles. The molecule has 8 heteroatoms. The minimum absolute atomic E-state index is 0.125. The van der Waals surface area contributed by atoms with Crippen molar-refractivity contribution in [3.63, 3.8) is 0 Å². The highest BCUT2D eigenvalue weighted by molar-refractivity contribution is 9.10. The number of H-pyrrole nitrogens is 2. The van der Waals surface area contributed by atoms with Crippen LogP contribution in [-0.4, -0.2) is 41.9 Å². The molecule has 33 heavy (non-hydrogen) atoms. The fourth-order valence-electron chi connectivity index (χ4n) is 3.99. The second-order valence-corrected chi connectivity index (χ2v) is 9.07. The summed E-state index contributed by atoms with van der Waals surface area (Å²) in [5.41, 5.74) is 4.03. The van der Waals surface area contributed by atoms with Gasteiger partial charge in [0.1, 0.15) is 0 Å². The van der Waals surface area contributed by atoms with Crippen LogP contribution in [0, 0.1) is 0 Å². The third-order valence-electron chi connectivity index (χ3n) is 5.45. The third-order valence-corrected chi connectivity index (χ3v) is 6.18. The van der Waals surface area contributed by atoms with Crippen molar-refractivity contribution >= 4 is 55.2 Å². The zero-order chi connectivity index (χ0) is 23.4. The Morgan fingerprint density at radius 3 is 2.61 bits per heavy atom. The van der Waals surface area contributed by atoms with E-state index in [-0.39, 0.29) is 12.2 Å². The average molecular weight is 533 g/mol. The zero-order valence-electron chi connectivity index (χ0n) is 18.6. The van der Waals surface area contributed by atoms with E-state index < -0.39 is 0 Å². The lowest BCUT2D eigenvalue weighted by Gasteiger charge is -2.16. The molecule has 0 radical (unpaired) electrons. The third kappa shape index (κ3) is 5.44. The number of fused-ring (bicyclic) bond motifs is 2. The minimum Gasteiger partial charge on any atom is -0.353 e. The normalized spacial score (nSPS) is 11.7. The molecular formula is C25H27BrClN3O3. The van der Waals surface area contributed by atoms with Gasteiger partial charge in [-0.1, -0.05) is 33.6 Å². The molecule has 1 amide bonds. The van der Waals surface area contributed by atoms with E-state index in [9.17, 15) is 4.79 Å². The standard InChI is InChI=1S/C25H27BrClN3O3/c1-3-32-22(33-4-2)6-5-11-28-25(31)23-18-9-7-16(26)14-20(18)30-24(23)21-13-15-12-17(27)8-10-19(15)29-21/h7-10,12-14,22,29-30H,3-6,11H2,1-2H3,(H,28,31). The topological polar surface area (TPSA) is 79.1 Å². The first-order chi connectivity index (χ1) is 16.0. The smallest absolute Gasteiger partial charge is 0.254 e. The van der Waals surface area contributed by atoms with Crippen molar-refractivity contribution in [3.8, 4) is 11.4 Å². The van der Waals surface area contributed by atoms with Crippen LogP contribution in [-0.2, 0) is 9.47 Å². The molecule has 2 aromatic carbocycles. The number of carbonyl (C=O) groups excluding carboxylic acids is 1. The number of nitrogens with one attached hydrogen (secondary N) is 3. The summed E-state index contributed by atoms with van der Waals surface area (Å²) in [6.07, 6.45) is 1.24. The van der Waals surface area contributed by atoms with Gasteiger partial charge in [0.2, 0.25) is 0 Å². The van der Waals surface area contributed by atoms with Crippen LogP contribution in [0.2, 0.25) is 5.02 Å². The molecule has 0 atom stereocenters. The highest BCUT2D eigenvalue weighted by atomic mass is 79.9. The molecule has 4 aromatic rings. The molecule has 0 fully saturated rings. The second kappa shape index (κ2) is 10.7. The van der Waals surface area contributed by atoms with Crippen molar-refractivity contribution in [1.82, 2.24) is 15.3 Å². The number of rotatable bonds is 10. The number of halogens is 2. The van der Waals surface area contributed by atoms with Gasteiger partial charge in [0, 0.05) is 57.5 Å². The van der Waals surface area contributed by atoms with Gasteiger partial charge in [-0.2, -0.15) is 0 Å². The molecule has 0 aliphatic carbocycles. The summed E-state index contributed by atoms with van der Waals surface area (Å²) in [6, 6.07) is 13.6. The molecule has 0 unspecified atom stereocenters. The Labute approximate surface area is 206 Å². The number of benzene rings is 2. The number of carbonyl (C=O) groups is 1. The molecule has 6 nitrogen and oxygen atoms in total. The molecule has 0 aliphatic rings. The highest BCUT2D eigenvalue weighted by Crippen LogP contribution is 2.33. The number of ether oxygens (including phenoxy) is 2. The zero-order valence-corrected chi connectivity index (χ0v) is 21.0. The van der Waals surface area contributed by atoms with Gasteiger partial charge in [0.15, 0.2) is 6.29 Å². The molecule has 2 aromatic heterocycles. The largest absolute Gasteiger partial charge is 0.353 e. The Kier molecular flexibility index (Phi) is 7.75. The van der Waals surface area contributed by atoms with Gasteiger partial charge in [-0.3, -0.25) is 4.79 Å². The van der Waals surface area contributed by atoms with Crippen molar-refractivity contribution in [1.29, 1.82) is 0 Å². The number of hydrogen-bond acceptors (Lipinski definition) is 3. The van der Waals surface area contributed by atoms with Crippen LogP contribution in [0.15, 0.2) is 46.9 Å². The quantitative estimate of drug-likeness (QED) is 0.158. The predicted molar refractivity (Wildman–Crippen MR) is 137 cm³/mol. The Balaban J connectivity index is 1.59. The lowest BCUT2D eigenvalue weighted by molar-refractivity contribution is -0.139. The molecule has 0 spiro atoms. The summed E-state index contributed by atoms with van der Waals surface area (Å²) in [6.45, 7) is 5.62. The SMILES string of the molecule is CCOC(CCCNC(=O)c1c(-c2cc3cc(Cl)ccc3[nH]2)[nH]c2cc(Br)ccc12)OCC. The molecule has 0 aliphatic heterocycles. The molecule has 4 rings (SSSR count). The van der Waals surface area contributed by atoms with E-state index in [2.05, 4.69) is 31.2 Å². The second-order valence-electron chi connectivity index (χ2n) is 7.72. The fourth-order valence-corrected chi connectivity index (χ4v) is 4.53. The summed E-state index contributed by atoms with van der Waals surface area (Å²) in [4.78, 5) is 20.2. The first-order valence-corrected chi connectivity index (χ1v) is 12.3. The maximum absolute atomic E-state index is 13.3. The van der Waals surface area contributed by atoms with Gasteiger partial charge in [-0.15, -0.1) is 0 Å². The predicted octanol–water partition coefficient (Wildman–Crippen LogP) is 6.64.